The largest absolute Gasteiger partial charge is 0.497 e. The van der Waals surface area contributed by atoms with E-state index >= 15 is 0 Å². The maximum Gasteiger partial charge on any atom is 0.156 e. The maximum absolute atomic E-state index is 10.1. The van der Waals surface area contributed by atoms with Crippen molar-refractivity contribution in [1.29, 1.82) is 0 Å². The van der Waals surface area contributed by atoms with Crippen LogP contribution in [0.15, 0.2) is 60.7 Å². The van der Waals surface area contributed by atoms with Crippen LogP contribution in [0.4, 0.5) is 0 Å². The zero-order chi connectivity index (χ0) is 16.1. The Hall–Kier alpha value is -2.30. The van der Waals surface area contributed by atoms with E-state index < -0.39 is 12.2 Å². The van der Waals surface area contributed by atoms with Gasteiger partial charge in [-0.2, -0.15) is 0 Å². The van der Waals surface area contributed by atoms with E-state index in [9.17, 15) is 5.11 Å². The second-order valence-electron chi connectivity index (χ2n) is 5.39. The van der Waals surface area contributed by atoms with Gasteiger partial charge in [0.1, 0.15) is 23.7 Å². The van der Waals surface area contributed by atoms with E-state index in [0.29, 0.717) is 5.75 Å². The van der Waals surface area contributed by atoms with Crippen LogP contribution in [0.1, 0.15) is 5.56 Å². The van der Waals surface area contributed by atoms with E-state index in [2.05, 4.69) is 0 Å². The van der Waals surface area contributed by atoms with E-state index in [0.717, 1.165) is 11.3 Å². The van der Waals surface area contributed by atoms with Gasteiger partial charge in [0, 0.05) is 0 Å². The number of hydrogen-bond acceptors (Lipinski definition) is 4. The molecule has 3 rings (SSSR count). The quantitative estimate of drug-likeness (QED) is 0.922. The molecule has 120 valence electrons. The van der Waals surface area contributed by atoms with Gasteiger partial charge >= 0.3 is 0 Å². The van der Waals surface area contributed by atoms with Crippen molar-refractivity contribution in [1.82, 2.24) is 0 Å². The predicted molar refractivity (Wildman–Crippen MR) is 88.6 cm³/mol. The Balaban J connectivity index is 1.69. The Morgan fingerprint density at radius 3 is 2.43 bits per heavy atom. The standard InChI is InChI=1S/C19H20O4/c1-21-15-8-10-16(11-9-15)23-19-17(20)13-22-18(19)12-7-14-5-3-2-4-6-14/h2-12,17-20H,13H2,1H3/t17-,18+,19-/m1/s1. The molecule has 1 aliphatic rings. The maximum atomic E-state index is 10.1. The molecule has 0 spiro atoms. The van der Waals surface area contributed by atoms with Crippen LogP contribution in [0.5, 0.6) is 11.5 Å². The smallest absolute Gasteiger partial charge is 0.156 e. The third kappa shape index (κ3) is 3.92. The number of ether oxygens (including phenoxy) is 3. The highest BCUT2D eigenvalue weighted by molar-refractivity contribution is 5.49. The summed E-state index contributed by atoms with van der Waals surface area (Å²) in [5, 5.41) is 10.1. The van der Waals surface area contributed by atoms with Crippen LogP contribution in [-0.4, -0.2) is 37.1 Å². The van der Waals surface area contributed by atoms with Crippen LogP contribution < -0.4 is 9.47 Å². The molecule has 0 saturated carbocycles. The van der Waals surface area contributed by atoms with Crippen molar-refractivity contribution < 1.29 is 19.3 Å². The number of hydrogen-bond donors (Lipinski definition) is 1. The number of aliphatic hydroxyl groups excluding tert-OH is 1. The van der Waals surface area contributed by atoms with Gasteiger partial charge in [0.2, 0.25) is 0 Å². The van der Waals surface area contributed by atoms with Gasteiger partial charge in [0.25, 0.3) is 0 Å². The van der Waals surface area contributed by atoms with Crippen molar-refractivity contribution >= 4 is 6.08 Å². The van der Waals surface area contributed by atoms with Crippen LogP contribution in [-0.2, 0) is 4.74 Å². The highest BCUT2D eigenvalue weighted by Gasteiger charge is 2.36. The van der Waals surface area contributed by atoms with Crippen LogP contribution in [0, 0.1) is 0 Å². The molecule has 0 aromatic heterocycles. The number of rotatable bonds is 5. The second-order valence-corrected chi connectivity index (χ2v) is 5.39. The molecule has 1 heterocycles. The fraction of sp³-hybridized carbons (Fsp3) is 0.263. The van der Waals surface area contributed by atoms with Gasteiger partial charge in [-0.3, -0.25) is 0 Å². The second kappa shape index (κ2) is 7.31. The van der Waals surface area contributed by atoms with Crippen molar-refractivity contribution in [3.8, 4) is 11.5 Å². The zero-order valence-electron chi connectivity index (χ0n) is 13.0. The van der Waals surface area contributed by atoms with E-state index in [1.165, 1.54) is 0 Å². The lowest BCUT2D eigenvalue weighted by Crippen LogP contribution is -2.34. The molecule has 0 aliphatic carbocycles. The molecule has 1 aliphatic heterocycles. The number of aliphatic hydroxyl groups is 1. The van der Waals surface area contributed by atoms with Gasteiger partial charge in [-0.15, -0.1) is 0 Å². The first-order chi connectivity index (χ1) is 11.3. The summed E-state index contributed by atoms with van der Waals surface area (Å²) in [5.41, 5.74) is 1.08. The summed E-state index contributed by atoms with van der Waals surface area (Å²) < 4.78 is 16.7. The Labute approximate surface area is 135 Å². The molecule has 2 aromatic carbocycles. The number of methoxy groups -OCH3 is 1. The van der Waals surface area contributed by atoms with Crippen molar-refractivity contribution in [3.05, 3.63) is 66.2 Å². The third-order valence-corrected chi connectivity index (χ3v) is 3.77. The Kier molecular flexibility index (Phi) is 4.95. The van der Waals surface area contributed by atoms with Gasteiger partial charge in [0.15, 0.2) is 6.10 Å². The molecular weight excluding hydrogens is 292 g/mol. The molecule has 1 N–H and O–H groups in total. The average Bonchev–Trinajstić information content (AvgIpc) is 2.95. The lowest BCUT2D eigenvalue weighted by molar-refractivity contribution is 0.0612. The summed E-state index contributed by atoms with van der Waals surface area (Å²) in [7, 11) is 1.62. The van der Waals surface area contributed by atoms with Crippen LogP contribution in [0.3, 0.4) is 0 Å². The van der Waals surface area contributed by atoms with Gasteiger partial charge in [-0.1, -0.05) is 42.5 Å². The molecule has 2 aromatic rings. The van der Waals surface area contributed by atoms with Gasteiger partial charge in [-0.05, 0) is 29.8 Å². The first-order valence-electron chi connectivity index (χ1n) is 7.60. The minimum atomic E-state index is -0.650. The first-order valence-corrected chi connectivity index (χ1v) is 7.60. The Bertz CT molecular complexity index is 636. The normalized spacial score (nSPS) is 24.0. The zero-order valence-corrected chi connectivity index (χ0v) is 13.0. The Morgan fingerprint density at radius 2 is 1.74 bits per heavy atom. The number of benzene rings is 2. The molecule has 1 fully saturated rings. The summed E-state index contributed by atoms with van der Waals surface area (Å²) in [5.74, 6) is 1.44. The van der Waals surface area contributed by atoms with Crippen molar-refractivity contribution in [2.45, 2.75) is 18.3 Å². The van der Waals surface area contributed by atoms with E-state index in [1.807, 2.05) is 66.7 Å². The molecule has 3 atom stereocenters. The van der Waals surface area contributed by atoms with Gasteiger partial charge in [0.05, 0.1) is 13.7 Å². The molecule has 0 amide bonds. The van der Waals surface area contributed by atoms with E-state index in [-0.39, 0.29) is 12.7 Å². The van der Waals surface area contributed by atoms with Gasteiger partial charge in [-0.25, -0.2) is 0 Å². The topological polar surface area (TPSA) is 47.9 Å². The highest BCUT2D eigenvalue weighted by atomic mass is 16.6. The first kappa shape index (κ1) is 15.6. The average molecular weight is 312 g/mol. The molecule has 0 radical (unpaired) electrons. The third-order valence-electron chi connectivity index (χ3n) is 3.77. The summed E-state index contributed by atoms with van der Waals surface area (Å²) >= 11 is 0. The predicted octanol–water partition coefficient (Wildman–Crippen LogP) is 2.92. The van der Waals surface area contributed by atoms with Crippen molar-refractivity contribution in [2.75, 3.05) is 13.7 Å². The molecule has 0 unspecified atom stereocenters. The molecule has 4 heteroatoms. The van der Waals surface area contributed by atoms with E-state index in [4.69, 9.17) is 14.2 Å². The molecule has 23 heavy (non-hydrogen) atoms. The highest BCUT2D eigenvalue weighted by Crippen LogP contribution is 2.25. The van der Waals surface area contributed by atoms with Crippen molar-refractivity contribution in [3.63, 3.8) is 0 Å². The fourth-order valence-electron chi connectivity index (χ4n) is 2.51. The monoisotopic (exact) mass is 312 g/mol. The molecule has 4 nitrogen and oxygen atoms in total. The minimum Gasteiger partial charge on any atom is -0.497 e. The summed E-state index contributed by atoms with van der Waals surface area (Å²) in [4.78, 5) is 0. The van der Waals surface area contributed by atoms with Crippen LogP contribution in [0.25, 0.3) is 6.08 Å². The summed E-state index contributed by atoms with van der Waals surface area (Å²) in [6.45, 7) is 0.268. The van der Waals surface area contributed by atoms with Crippen LogP contribution in [0.2, 0.25) is 0 Å². The van der Waals surface area contributed by atoms with Gasteiger partial charge < -0.3 is 19.3 Å². The molecule has 1 saturated heterocycles. The molecular formula is C19H20O4. The summed E-state index contributed by atoms with van der Waals surface area (Å²) in [6, 6.07) is 17.3. The lowest BCUT2D eigenvalue weighted by atomic mass is 10.1. The van der Waals surface area contributed by atoms with E-state index in [1.54, 1.807) is 7.11 Å². The fourth-order valence-corrected chi connectivity index (χ4v) is 2.51. The van der Waals surface area contributed by atoms with Crippen LogP contribution >= 0.6 is 0 Å². The lowest BCUT2D eigenvalue weighted by Gasteiger charge is -2.20. The minimum absolute atomic E-state index is 0.268. The van der Waals surface area contributed by atoms with Crippen molar-refractivity contribution in [2.24, 2.45) is 0 Å². The molecule has 0 bridgehead atoms. The SMILES string of the molecule is COc1ccc(O[C@@H]2[C@H](O)CO[C@H]2C=Cc2ccccc2)cc1. The summed E-state index contributed by atoms with van der Waals surface area (Å²) in [6.07, 6.45) is 2.55. The Morgan fingerprint density at radius 1 is 1.04 bits per heavy atom.